The third-order valence-electron chi connectivity index (χ3n) is 4.94. The van der Waals surface area contributed by atoms with Gasteiger partial charge in [-0.3, -0.25) is 9.69 Å². The number of amides is 1. The van der Waals surface area contributed by atoms with Gasteiger partial charge in [0.05, 0.1) is 0 Å². The molecule has 0 aliphatic carbocycles. The third-order valence-corrected chi connectivity index (χ3v) is 4.94. The molecule has 1 aliphatic heterocycles. The van der Waals surface area contributed by atoms with Gasteiger partial charge in [-0.15, -0.1) is 0 Å². The molecule has 1 atom stereocenters. The standard InChI is InChI=1S/C22H28N2O2/c1-18(24-14-6-3-7-15-24)16-23-22(25)17-26-21-12-10-20(11-13-21)19-8-4-2-5-9-19/h2,4-5,8-13,18H,3,6-7,14-17H2,1H3,(H,23,25). The molecule has 1 unspecified atom stereocenters. The van der Waals surface area contributed by atoms with Crippen molar-refractivity contribution in [2.45, 2.75) is 32.2 Å². The van der Waals surface area contributed by atoms with E-state index in [-0.39, 0.29) is 12.5 Å². The predicted octanol–water partition coefficient (Wildman–Crippen LogP) is 3.72. The van der Waals surface area contributed by atoms with Crippen LogP contribution in [0.25, 0.3) is 11.1 Å². The summed E-state index contributed by atoms with van der Waals surface area (Å²) in [6, 6.07) is 18.4. The number of carbonyl (C=O) groups excluding carboxylic acids is 1. The molecule has 3 rings (SSSR count). The summed E-state index contributed by atoms with van der Waals surface area (Å²) in [5.74, 6) is 0.643. The lowest BCUT2D eigenvalue weighted by Crippen LogP contribution is -2.45. The van der Waals surface area contributed by atoms with Crippen LogP contribution in [0.15, 0.2) is 54.6 Å². The summed E-state index contributed by atoms with van der Waals surface area (Å²) in [6.07, 6.45) is 3.85. The zero-order chi connectivity index (χ0) is 18.2. The Hall–Kier alpha value is -2.33. The highest BCUT2D eigenvalue weighted by Crippen LogP contribution is 2.22. The molecule has 1 saturated heterocycles. The third kappa shape index (κ3) is 5.33. The topological polar surface area (TPSA) is 41.6 Å². The molecule has 1 N–H and O–H groups in total. The predicted molar refractivity (Wildman–Crippen MR) is 105 cm³/mol. The normalized spacial score (nSPS) is 16.0. The van der Waals surface area contributed by atoms with Crippen molar-refractivity contribution in [2.75, 3.05) is 26.2 Å². The molecular formula is C22H28N2O2. The van der Waals surface area contributed by atoms with E-state index in [2.05, 4.69) is 29.3 Å². The number of carbonyl (C=O) groups is 1. The van der Waals surface area contributed by atoms with Gasteiger partial charge in [0, 0.05) is 12.6 Å². The van der Waals surface area contributed by atoms with E-state index in [4.69, 9.17) is 4.74 Å². The summed E-state index contributed by atoms with van der Waals surface area (Å²) in [7, 11) is 0. The smallest absolute Gasteiger partial charge is 0.257 e. The van der Waals surface area contributed by atoms with Crippen LogP contribution in [-0.2, 0) is 4.79 Å². The average molecular weight is 352 g/mol. The van der Waals surface area contributed by atoms with E-state index < -0.39 is 0 Å². The van der Waals surface area contributed by atoms with Gasteiger partial charge in [-0.2, -0.15) is 0 Å². The molecule has 1 amide bonds. The maximum atomic E-state index is 12.0. The molecule has 4 nitrogen and oxygen atoms in total. The van der Waals surface area contributed by atoms with Crippen LogP contribution in [-0.4, -0.2) is 43.1 Å². The van der Waals surface area contributed by atoms with Crippen LogP contribution < -0.4 is 10.1 Å². The minimum Gasteiger partial charge on any atom is -0.484 e. The van der Waals surface area contributed by atoms with Crippen molar-refractivity contribution in [1.29, 1.82) is 0 Å². The summed E-state index contributed by atoms with van der Waals surface area (Å²) >= 11 is 0. The largest absolute Gasteiger partial charge is 0.484 e. The Morgan fingerprint density at radius 3 is 2.35 bits per heavy atom. The maximum absolute atomic E-state index is 12.0. The SMILES string of the molecule is CC(CNC(=O)COc1ccc(-c2ccccc2)cc1)N1CCCCC1. The quantitative estimate of drug-likeness (QED) is 0.826. The minimum absolute atomic E-state index is 0.0530. The number of benzene rings is 2. The molecule has 138 valence electrons. The molecule has 26 heavy (non-hydrogen) atoms. The first-order valence-electron chi connectivity index (χ1n) is 9.51. The molecule has 1 aliphatic rings. The molecule has 0 spiro atoms. The van der Waals surface area contributed by atoms with Gasteiger partial charge >= 0.3 is 0 Å². The Balaban J connectivity index is 1.41. The minimum atomic E-state index is -0.0685. The second kappa shape index (κ2) is 9.39. The first kappa shape index (κ1) is 18.5. The fraction of sp³-hybridized carbons (Fsp3) is 0.409. The van der Waals surface area contributed by atoms with E-state index in [1.54, 1.807) is 0 Å². The van der Waals surface area contributed by atoms with E-state index in [9.17, 15) is 4.79 Å². The van der Waals surface area contributed by atoms with Crippen molar-refractivity contribution < 1.29 is 9.53 Å². The molecular weight excluding hydrogens is 324 g/mol. The highest BCUT2D eigenvalue weighted by molar-refractivity contribution is 5.77. The zero-order valence-corrected chi connectivity index (χ0v) is 15.5. The molecule has 0 aromatic heterocycles. The zero-order valence-electron chi connectivity index (χ0n) is 15.5. The molecule has 0 radical (unpaired) electrons. The number of rotatable bonds is 7. The van der Waals surface area contributed by atoms with Crippen molar-refractivity contribution in [3.8, 4) is 16.9 Å². The van der Waals surface area contributed by atoms with E-state index in [0.29, 0.717) is 18.3 Å². The molecule has 1 fully saturated rings. The van der Waals surface area contributed by atoms with Crippen molar-refractivity contribution >= 4 is 5.91 Å². The van der Waals surface area contributed by atoms with Crippen LogP contribution in [0.1, 0.15) is 26.2 Å². The second-order valence-corrected chi connectivity index (χ2v) is 6.93. The average Bonchev–Trinajstić information content (AvgIpc) is 2.72. The molecule has 0 bridgehead atoms. The van der Waals surface area contributed by atoms with Gasteiger partial charge in [0.15, 0.2) is 6.61 Å². The van der Waals surface area contributed by atoms with Gasteiger partial charge < -0.3 is 10.1 Å². The van der Waals surface area contributed by atoms with Gasteiger partial charge in [0.1, 0.15) is 5.75 Å². The van der Waals surface area contributed by atoms with Crippen LogP contribution in [0.4, 0.5) is 0 Å². The van der Waals surface area contributed by atoms with Crippen molar-refractivity contribution in [1.82, 2.24) is 10.2 Å². The van der Waals surface area contributed by atoms with Crippen LogP contribution in [0.5, 0.6) is 5.75 Å². The fourth-order valence-electron chi connectivity index (χ4n) is 3.32. The number of piperidine rings is 1. The maximum Gasteiger partial charge on any atom is 0.257 e. The first-order chi connectivity index (χ1) is 12.7. The number of nitrogens with zero attached hydrogens (tertiary/aromatic N) is 1. The molecule has 2 aromatic rings. The van der Waals surface area contributed by atoms with Gasteiger partial charge in [-0.05, 0) is 56.1 Å². The van der Waals surface area contributed by atoms with Crippen molar-refractivity contribution in [2.24, 2.45) is 0 Å². The molecule has 1 heterocycles. The summed E-state index contributed by atoms with van der Waals surface area (Å²) in [6.45, 7) is 5.18. The van der Waals surface area contributed by atoms with E-state index >= 15 is 0 Å². The summed E-state index contributed by atoms with van der Waals surface area (Å²) in [5, 5.41) is 2.98. The lowest BCUT2D eigenvalue weighted by molar-refractivity contribution is -0.123. The van der Waals surface area contributed by atoms with Gasteiger partial charge in [0.25, 0.3) is 5.91 Å². The monoisotopic (exact) mass is 352 g/mol. The molecule has 0 saturated carbocycles. The van der Waals surface area contributed by atoms with E-state index in [1.165, 1.54) is 24.8 Å². The highest BCUT2D eigenvalue weighted by Gasteiger charge is 2.17. The Kier molecular flexibility index (Phi) is 6.67. The van der Waals surface area contributed by atoms with Gasteiger partial charge in [0.2, 0.25) is 0 Å². The lowest BCUT2D eigenvalue weighted by atomic mass is 10.1. The highest BCUT2D eigenvalue weighted by atomic mass is 16.5. The fourth-order valence-corrected chi connectivity index (χ4v) is 3.32. The Morgan fingerprint density at radius 2 is 1.65 bits per heavy atom. The number of hydrogen-bond donors (Lipinski definition) is 1. The molecule has 4 heteroatoms. The Morgan fingerprint density at radius 1 is 1.00 bits per heavy atom. The van der Waals surface area contributed by atoms with Crippen LogP contribution in [0.2, 0.25) is 0 Å². The Bertz CT molecular complexity index is 679. The van der Waals surface area contributed by atoms with E-state index in [1.807, 2.05) is 42.5 Å². The number of nitrogens with one attached hydrogen (secondary N) is 1. The van der Waals surface area contributed by atoms with E-state index in [0.717, 1.165) is 18.7 Å². The second-order valence-electron chi connectivity index (χ2n) is 6.93. The summed E-state index contributed by atoms with van der Waals surface area (Å²) in [4.78, 5) is 14.5. The summed E-state index contributed by atoms with van der Waals surface area (Å²) in [5.41, 5.74) is 2.31. The summed E-state index contributed by atoms with van der Waals surface area (Å²) < 4.78 is 5.61. The number of likely N-dealkylation sites (tertiary alicyclic amines) is 1. The first-order valence-corrected chi connectivity index (χ1v) is 9.51. The van der Waals surface area contributed by atoms with Gasteiger partial charge in [-0.25, -0.2) is 0 Å². The number of hydrogen-bond acceptors (Lipinski definition) is 3. The van der Waals surface area contributed by atoms with Crippen LogP contribution in [0.3, 0.4) is 0 Å². The van der Waals surface area contributed by atoms with Crippen molar-refractivity contribution in [3.05, 3.63) is 54.6 Å². The Labute approximate surface area is 156 Å². The molecule has 2 aromatic carbocycles. The van der Waals surface area contributed by atoms with Crippen LogP contribution >= 0.6 is 0 Å². The van der Waals surface area contributed by atoms with Crippen molar-refractivity contribution in [3.63, 3.8) is 0 Å². The number of ether oxygens (including phenoxy) is 1. The lowest BCUT2D eigenvalue weighted by Gasteiger charge is -2.32. The van der Waals surface area contributed by atoms with Gasteiger partial charge in [-0.1, -0.05) is 48.9 Å². The van der Waals surface area contributed by atoms with Crippen LogP contribution in [0, 0.1) is 0 Å².